The second kappa shape index (κ2) is 10.6. The van der Waals surface area contributed by atoms with E-state index in [-0.39, 0.29) is 48.7 Å². The van der Waals surface area contributed by atoms with Crippen molar-refractivity contribution in [2.75, 3.05) is 19.6 Å². The smallest absolute Gasteiger partial charge is 0.282 e. The van der Waals surface area contributed by atoms with Gasteiger partial charge in [0.2, 0.25) is 0 Å². The summed E-state index contributed by atoms with van der Waals surface area (Å²) < 4.78 is 34.1. The maximum Gasteiger partial charge on any atom is 0.294 e. The summed E-state index contributed by atoms with van der Waals surface area (Å²) >= 11 is 0. The quantitative estimate of drug-likeness (QED) is 0.231. The summed E-state index contributed by atoms with van der Waals surface area (Å²) in [5.74, 6) is -1.27. The van der Waals surface area contributed by atoms with E-state index in [1.807, 2.05) is 0 Å². The predicted molar refractivity (Wildman–Crippen MR) is 104 cm³/mol. The van der Waals surface area contributed by atoms with Crippen LogP contribution >= 0.6 is 0 Å². The summed E-state index contributed by atoms with van der Waals surface area (Å²) in [7, 11) is -4.51. The second-order valence-electron chi connectivity index (χ2n) is 6.88. The van der Waals surface area contributed by atoms with Crippen molar-refractivity contribution in [1.29, 1.82) is 0 Å². The van der Waals surface area contributed by atoms with Crippen molar-refractivity contribution in [2.24, 2.45) is 39.0 Å². The first-order chi connectivity index (χ1) is 13.2. The van der Waals surface area contributed by atoms with Crippen LogP contribution in [0, 0.1) is 23.7 Å². The number of azide groups is 3. The van der Waals surface area contributed by atoms with Gasteiger partial charge in [0.25, 0.3) is 10.1 Å². The topological polar surface area (TPSA) is 201 Å². The summed E-state index contributed by atoms with van der Waals surface area (Å²) in [5, 5.41) is 10.7. The molecule has 0 radical (unpaired) electrons. The molecule has 0 saturated carbocycles. The fraction of sp³-hybridized carbons (Fsp3) is 0.733. The molecular formula is C15H23N9O3S. The van der Waals surface area contributed by atoms with Gasteiger partial charge in [-0.15, -0.1) is 0 Å². The third kappa shape index (κ3) is 6.19. The Kier molecular flexibility index (Phi) is 8.84. The Hall–Kier alpha value is -2.68. The molecule has 0 aliphatic heterocycles. The molecule has 0 heterocycles. The molecule has 0 amide bonds. The molecule has 0 saturated heterocycles. The zero-order valence-corrected chi connectivity index (χ0v) is 16.7. The Morgan fingerprint density at radius 2 is 1.57 bits per heavy atom. The van der Waals surface area contributed by atoms with Crippen LogP contribution in [0.5, 0.6) is 0 Å². The van der Waals surface area contributed by atoms with Gasteiger partial charge in [-0.1, -0.05) is 42.2 Å². The van der Waals surface area contributed by atoms with E-state index >= 15 is 0 Å². The number of rotatable bonds is 10. The minimum absolute atomic E-state index is 0.0281. The molecule has 2 unspecified atom stereocenters. The van der Waals surface area contributed by atoms with E-state index in [9.17, 15) is 13.0 Å². The van der Waals surface area contributed by atoms with Gasteiger partial charge in [-0.3, -0.25) is 4.55 Å². The van der Waals surface area contributed by atoms with Gasteiger partial charge in [-0.2, -0.15) is 8.42 Å². The van der Waals surface area contributed by atoms with Crippen molar-refractivity contribution < 1.29 is 13.0 Å². The third-order valence-electron chi connectivity index (χ3n) is 4.66. The van der Waals surface area contributed by atoms with Gasteiger partial charge < -0.3 is 0 Å². The number of hydrogen-bond acceptors (Lipinski definition) is 5. The van der Waals surface area contributed by atoms with Gasteiger partial charge in [-0.25, -0.2) is 0 Å². The molecule has 1 rings (SSSR count). The number of nitrogens with zero attached hydrogens (tertiary/aromatic N) is 9. The van der Waals surface area contributed by atoms with E-state index in [1.54, 1.807) is 26.8 Å². The second-order valence-corrected chi connectivity index (χ2v) is 8.23. The molecule has 1 aliphatic carbocycles. The highest BCUT2D eigenvalue weighted by Gasteiger charge is 2.35. The monoisotopic (exact) mass is 409 g/mol. The van der Waals surface area contributed by atoms with E-state index < -0.39 is 16.0 Å². The van der Waals surface area contributed by atoms with Gasteiger partial charge in [-0.05, 0) is 57.8 Å². The Labute approximate surface area is 162 Å². The maximum absolute atomic E-state index is 12.1. The Morgan fingerprint density at radius 1 is 1.07 bits per heavy atom. The highest BCUT2D eigenvalue weighted by molar-refractivity contribution is 7.90. The van der Waals surface area contributed by atoms with Crippen LogP contribution in [0.15, 0.2) is 37.5 Å². The van der Waals surface area contributed by atoms with Crippen LogP contribution in [0.25, 0.3) is 31.3 Å². The fourth-order valence-corrected chi connectivity index (χ4v) is 4.49. The fourth-order valence-electron chi connectivity index (χ4n) is 3.27. The lowest BCUT2D eigenvalue weighted by molar-refractivity contribution is 0.387. The molecule has 0 aromatic rings. The van der Waals surface area contributed by atoms with Crippen molar-refractivity contribution in [3.05, 3.63) is 53.5 Å². The lowest BCUT2D eigenvalue weighted by Crippen LogP contribution is -2.28. The van der Waals surface area contributed by atoms with Crippen LogP contribution in [0.3, 0.4) is 0 Å². The molecule has 152 valence electrons. The summed E-state index contributed by atoms with van der Waals surface area (Å²) in [6.07, 6.45) is 1.97. The molecule has 1 aliphatic rings. The first-order valence-electron chi connectivity index (χ1n) is 8.62. The SMILES string of the molecule is CC(C)C1=CC(C(CN=[N+]=[N-])CN=[N+]=[N-])CC(C(C)CN=[N+]=[N-])=C1S(=O)(=O)O. The standard InChI is InChI=1S/C15H23N9O3S/c1-9(2)13-4-11(12(7-20-23-17)8-21-24-18)5-14(10(3)6-19-22-16)15(13)28(25,26)27/h4,9-12H,5-8H2,1-3H3,(H,25,26,27). The van der Waals surface area contributed by atoms with Gasteiger partial charge in [0.15, 0.2) is 0 Å². The molecular weight excluding hydrogens is 386 g/mol. The molecule has 0 aromatic heterocycles. The molecule has 1 N–H and O–H groups in total. The van der Waals surface area contributed by atoms with Gasteiger partial charge >= 0.3 is 0 Å². The van der Waals surface area contributed by atoms with E-state index in [0.717, 1.165) is 0 Å². The molecule has 2 atom stereocenters. The first-order valence-corrected chi connectivity index (χ1v) is 10.1. The molecule has 0 bridgehead atoms. The predicted octanol–water partition coefficient (Wildman–Crippen LogP) is 4.91. The number of hydrogen-bond donors (Lipinski definition) is 1. The highest BCUT2D eigenvalue weighted by Crippen LogP contribution is 2.41. The number of allylic oxidation sites excluding steroid dienone is 2. The Bertz CT molecular complexity index is 870. The van der Waals surface area contributed by atoms with Crippen LogP contribution in [0.1, 0.15) is 27.2 Å². The molecule has 12 nitrogen and oxygen atoms in total. The van der Waals surface area contributed by atoms with E-state index in [0.29, 0.717) is 11.1 Å². The Balaban J connectivity index is 3.55. The molecule has 28 heavy (non-hydrogen) atoms. The molecule has 13 heteroatoms. The van der Waals surface area contributed by atoms with E-state index in [4.69, 9.17) is 16.6 Å². The molecule has 0 aromatic carbocycles. The Morgan fingerprint density at radius 3 is 2.00 bits per heavy atom. The van der Waals surface area contributed by atoms with Gasteiger partial charge in [0.1, 0.15) is 0 Å². The van der Waals surface area contributed by atoms with Crippen LogP contribution in [0.2, 0.25) is 0 Å². The van der Waals surface area contributed by atoms with Crippen LogP contribution < -0.4 is 0 Å². The minimum Gasteiger partial charge on any atom is -0.282 e. The van der Waals surface area contributed by atoms with Crippen LogP contribution in [-0.4, -0.2) is 32.6 Å². The van der Waals surface area contributed by atoms with Crippen LogP contribution in [-0.2, 0) is 10.1 Å². The summed E-state index contributed by atoms with van der Waals surface area (Å²) in [6, 6.07) is 0. The average Bonchev–Trinajstić information content (AvgIpc) is 2.64. The van der Waals surface area contributed by atoms with E-state index in [2.05, 4.69) is 30.1 Å². The van der Waals surface area contributed by atoms with Gasteiger partial charge in [0, 0.05) is 34.4 Å². The minimum atomic E-state index is -4.51. The normalized spacial score (nSPS) is 19.0. The van der Waals surface area contributed by atoms with E-state index in [1.165, 1.54) is 0 Å². The summed E-state index contributed by atoms with van der Waals surface area (Å²) in [4.78, 5) is 8.06. The van der Waals surface area contributed by atoms with Gasteiger partial charge in [0.05, 0.1) is 4.91 Å². The maximum atomic E-state index is 12.1. The van der Waals surface area contributed by atoms with Crippen molar-refractivity contribution in [2.45, 2.75) is 27.2 Å². The molecule has 0 fully saturated rings. The zero-order valence-electron chi connectivity index (χ0n) is 15.9. The van der Waals surface area contributed by atoms with Crippen LogP contribution in [0.4, 0.5) is 0 Å². The lowest BCUT2D eigenvalue weighted by atomic mass is 9.76. The average molecular weight is 409 g/mol. The van der Waals surface area contributed by atoms with Crippen molar-refractivity contribution in [1.82, 2.24) is 0 Å². The highest BCUT2D eigenvalue weighted by atomic mass is 32.2. The van der Waals surface area contributed by atoms with Crippen molar-refractivity contribution in [3.8, 4) is 0 Å². The largest absolute Gasteiger partial charge is 0.294 e. The molecule has 0 spiro atoms. The first kappa shape index (κ1) is 23.4. The zero-order chi connectivity index (χ0) is 21.3. The third-order valence-corrected chi connectivity index (χ3v) is 5.67. The summed E-state index contributed by atoms with van der Waals surface area (Å²) in [6.45, 7) is 5.48. The summed E-state index contributed by atoms with van der Waals surface area (Å²) in [5.41, 5.74) is 26.7. The lowest BCUT2D eigenvalue weighted by Gasteiger charge is -2.33. The van der Waals surface area contributed by atoms with Crippen molar-refractivity contribution >= 4 is 10.1 Å². The van der Waals surface area contributed by atoms with Crippen molar-refractivity contribution in [3.63, 3.8) is 0 Å².